The van der Waals surface area contributed by atoms with Gasteiger partial charge in [0.05, 0.1) is 0 Å². The maximum atomic E-state index is 3.51. The van der Waals surface area contributed by atoms with E-state index < -0.39 is 0 Å². The van der Waals surface area contributed by atoms with Crippen molar-refractivity contribution in [3.05, 3.63) is 0 Å². The second kappa shape index (κ2) is 3.57. The van der Waals surface area contributed by atoms with Crippen molar-refractivity contribution in [2.45, 2.75) is 12.8 Å². The highest BCUT2D eigenvalue weighted by Crippen LogP contribution is 2.16. The number of hydrogen-bond donors (Lipinski definition) is 0. The Morgan fingerprint density at radius 2 is 2.44 bits per heavy atom. The number of hydrogen-bond acceptors (Lipinski definition) is 1. The molecule has 0 aliphatic carbocycles. The fourth-order valence-corrected chi connectivity index (χ4v) is 1.93. The van der Waals surface area contributed by atoms with E-state index in [1.807, 2.05) is 0 Å². The summed E-state index contributed by atoms with van der Waals surface area (Å²) in [5.41, 5.74) is 0. The quantitative estimate of drug-likeness (QED) is 0.572. The van der Waals surface area contributed by atoms with Gasteiger partial charge in [0.25, 0.3) is 0 Å². The van der Waals surface area contributed by atoms with Crippen molar-refractivity contribution in [1.82, 2.24) is 4.90 Å². The summed E-state index contributed by atoms with van der Waals surface area (Å²) in [4.78, 5) is 2.41. The van der Waals surface area contributed by atoms with Gasteiger partial charge < -0.3 is 4.90 Å². The van der Waals surface area contributed by atoms with E-state index in [1.54, 1.807) is 0 Å². The normalized spacial score (nSPS) is 30.7. The summed E-state index contributed by atoms with van der Waals surface area (Å²) in [5.74, 6) is 0.906. The van der Waals surface area contributed by atoms with Crippen molar-refractivity contribution in [1.29, 1.82) is 0 Å². The number of likely N-dealkylation sites (tertiary alicyclic amines) is 1. The Bertz CT molecular complexity index is 85.0. The molecule has 0 spiro atoms. The molecule has 0 saturated carbocycles. The van der Waals surface area contributed by atoms with Crippen molar-refractivity contribution in [3.63, 3.8) is 0 Å². The summed E-state index contributed by atoms with van der Waals surface area (Å²) in [7, 11) is 2.20. The van der Waals surface area contributed by atoms with Gasteiger partial charge in [-0.05, 0) is 32.4 Å². The molecule has 1 aliphatic heterocycles. The molecule has 0 N–H and O–H groups in total. The Morgan fingerprint density at radius 1 is 1.67 bits per heavy atom. The molecule has 0 aromatic rings. The molecule has 1 aliphatic rings. The molecule has 0 bridgehead atoms. The zero-order valence-corrected chi connectivity index (χ0v) is 7.52. The van der Waals surface area contributed by atoms with Crippen molar-refractivity contribution in [2.24, 2.45) is 5.92 Å². The Labute approximate surface area is 65.6 Å². The van der Waals surface area contributed by atoms with E-state index in [-0.39, 0.29) is 0 Å². The van der Waals surface area contributed by atoms with Crippen molar-refractivity contribution < 1.29 is 0 Å². The van der Waals surface area contributed by atoms with Crippen molar-refractivity contribution in [3.8, 4) is 0 Å². The van der Waals surface area contributed by atoms with Crippen molar-refractivity contribution >= 4 is 15.9 Å². The van der Waals surface area contributed by atoms with Gasteiger partial charge in [-0.1, -0.05) is 15.9 Å². The van der Waals surface area contributed by atoms with Crippen LogP contribution >= 0.6 is 15.9 Å². The molecular weight excluding hydrogens is 178 g/mol. The fraction of sp³-hybridized carbons (Fsp3) is 1.00. The number of piperidine rings is 1. The predicted octanol–water partition coefficient (Wildman–Crippen LogP) is 1.72. The van der Waals surface area contributed by atoms with Crippen LogP contribution in [0.15, 0.2) is 0 Å². The number of rotatable bonds is 1. The average Bonchev–Trinajstić information content (AvgIpc) is 1.88. The number of alkyl halides is 1. The lowest BCUT2D eigenvalue weighted by molar-refractivity contribution is 0.225. The van der Waals surface area contributed by atoms with Gasteiger partial charge in [-0.15, -0.1) is 0 Å². The second-order valence-electron chi connectivity index (χ2n) is 2.92. The van der Waals surface area contributed by atoms with Gasteiger partial charge in [-0.25, -0.2) is 0 Å². The third kappa shape index (κ3) is 2.26. The molecule has 1 heterocycles. The van der Waals surface area contributed by atoms with E-state index in [0.29, 0.717) is 0 Å². The lowest BCUT2D eigenvalue weighted by atomic mass is 10.0. The summed E-state index contributed by atoms with van der Waals surface area (Å²) in [5, 5.41) is 1.18. The van der Waals surface area contributed by atoms with Gasteiger partial charge in [0.1, 0.15) is 0 Å². The molecule has 9 heavy (non-hydrogen) atoms. The Morgan fingerprint density at radius 3 is 2.89 bits per heavy atom. The minimum absolute atomic E-state index is 0.906. The summed E-state index contributed by atoms with van der Waals surface area (Å²) in [6.07, 6.45) is 2.79. The molecule has 0 aromatic heterocycles. The first-order chi connectivity index (χ1) is 4.33. The summed E-state index contributed by atoms with van der Waals surface area (Å²) < 4.78 is 0. The minimum Gasteiger partial charge on any atom is -0.306 e. The van der Waals surface area contributed by atoms with Crippen LogP contribution < -0.4 is 0 Å². The first-order valence-electron chi connectivity index (χ1n) is 3.57. The SMILES string of the molecule is CN1CCC[C@@H](CBr)C1. The molecule has 0 aromatic carbocycles. The summed E-state index contributed by atoms with van der Waals surface area (Å²) >= 11 is 3.51. The molecule has 1 fully saturated rings. The third-order valence-corrected chi connectivity index (χ3v) is 2.86. The molecule has 2 heteroatoms. The summed E-state index contributed by atoms with van der Waals surface area (Å²) in [6, 6.07) is 0. The minimum atomic E-state index is 0.906. The lowest BCUT2D eigenvalue weighted by Gasteiger charge is -2.28. The summed E-state index contributed by atoms with van der Waals surface area (Å²) in [6.45, 7) is 2.58. The van der Waals surface area contributed by atoms with Gasteiger partial charge in [-0.3, -0.25) is 0 Å². The van der Waals surface area contributed by atoms with E-state index in [9.17, 15) is 0 Å². The molecule has 54 valence electrons. The van der Waals surface area contributed by atoms with Crippen LogP contribution in [0.2, 0.25) is 0 Å². The van der Waals surface area contributed by atoms with Gasteiger partial charge in [0.15, 0.2) is 0 Å². The van der Waals surface area contributed by atoms with E-state index in [2.05, 4.69) is 27.9 Å². The zero-order chi connectivity index (χ0) is 6.69. The van der Waals surface area contributed by atoms with Crippen LogP contribution in [-0.2, 0) is 0 Å². The van der Waals surface area contributed by atoms with E-state index >= 15 is 0 Å². The topological polar surface area (TPSA) is 3.24 Å². The van der Waals surface area contributed by atoms with Gasteiger partial charge >= 0.3 is 0 Å². The molecular formula is C7H14BrN. The first kappa shape index (κ1) is 7.55. The first-order valence-corrected chi connectivity index (χ1v) is 4.69. The lowest BCUT2D eigenvalue weighted by Crippen LogP contribution is -2.32. The third-order valence-electron chi connectivity index (χ3n) is 1.94. The number of halogens is 1. The molecule has 1 atom stereocenters. The van der Waals surface area contributed by atoms with Crippen LogP contribution in [0.25, 0.3) is 0 Å². The highest BCUT2D eigenvalue weighted by Gasteiger charge is 2.14. The number of nitrogens with zero attached hydrogens (tertiary/aromatic N) is 1. The van der Waals surface area contributed by atoms with Crippen LogP contribution in [0, 0.1) is 5.92 Å². The largest absolute Gasteiger partial charge is 0.306 e. The van der Waals surface area contributed by atoms with Crippen LogP contribution in [0.1, 0.15) is 12.8 Å². The van der Waals surface area contributed by atoms with Gasteiger partial charge in [0.2, 0.25) is 0 Å². The Hall–Kier alpha value is 0.440. The van der Waals surface area contributed by atoms with Crippen molar-refractivity contribution in [2.75, 3.05) is 25.5 Å². The molecule has 0 amide bonds. The smallest absolute Gasteiger partial charge is 0.00718 e. The highest BCUT2D eigenvalue weighted by atomic mass is 79.9. The Balaban J connectivity index is 2.23. The molecule has 0 unspecified atom stereocenters. The van der Waals surface area contributed by atoms with Gasteiger partial charge in [0, 0.05) is 11.9 Å². The zero-order valence-electron chi connectivity index (χ0n) is 5.94. The molecule has 1 saturated heterocycles. The predicted molar refractivity (Wildman–Crippen MR) is 44.0 cm³/mol. The van der Waals surface area contributed by atoms with Crippen LogP contribution in [0.5, 0.6) is 0 Å². The molecule has 1 rings (SSSR count). The monoisotopic (exact) mass is 191 g/mol. The van der Waals surface area contributed by atoms with Gasteiger partial charge in [-0.2, -0.15) is 0 Å². The van der Waals surface area contributed by atoms with E-state index in [1.165, 1.54) is 31.3 Å². The van der Waals surface area contributed by atoms with Crippen LogP contribution in [0.4, 0.5) is 0 Å². The van der Waals surface area contributed by atoms with E-state index in [0.717, 1.165) is 5.92 Å². The van der Waals surface area contributed by atoms with E-state index in [4.69, 9.17) is 0 Å². The maximum absolute atomic E-state index is 3.51. The Kier molecular flexibility index (Phi) is 2.99. The molecule has 1 nitrogen and oxygen atoms in total. The highest BCUT2D eigenvalue weighted by molar-refractivity contribution is 9.09. The average molecular weight is 192 g/mol. The standard InChI is InChI=1S/C7H14BrN/c1-9-4-2-3-7(5-8)6-9/h7H,2-6H2,1H3/t7-/m0/s1. The molecule has 0 radical (unpaired) electrons. The van der Waals surface area contributed by atoms with Crippen LogP contribution in [-0.4, -0.2) is 30.4 Å². The van der Waals surface area contributed by atoms with Crippen LogP contribution in [0.3, 0.4) is 0 Å². The second-order valence-corrected chi connectivity index (χ2v) is 3.57. The fourth-order valence-electron chi connectivity index (χ4n) is 1.40. The maximum Gasteiger partial charge on any atom is 0.00718 e.